The highest BCUT2D eigenvalue weighted by Crippen LogP contribution is 2.18. The summed E-state index contributed by atoms with van der Waals surface area (Å²) in [5.74, 6) is 1.19. The van der Waals surface area contributed by atoms with Crippen LogP contribution in [0.5, 0.6) is 0 Å². The zero-order valence-corrected chi connectivity index (χ0v) is 11.6. The van der Waals surface area contributed by atoms with Crippen molar-refractivity contribution >= 4 is 11.8 Å². The lowest BCUT2D eigenvalue weighted by Crippen LogP contribution is -2.49. The Hall–Kier alpha value is -0.510. The first-order valence-corrected chi connectivity index (χ1v) is 7.38. The van der Waals surface area contributed by atoms with Crippen LogP contribution in [0.25, 0.3) is 0 Å². The van der Waals surface area contributed by atoms with Crippen molar-refractivity contribution in [3.63, 3.8) is 0 Å². The van der Waals surface area contributed by atoms with Gasteiger partial charge >= 0.3 is 0 Å². The van der Waals surface area contributed by atoms with Crippen LogP contribution in [0.15, 0.2) is 29.2 Å². The van der Waals surface area contributed by atoms with E-state index in [0.29, 0.717) is 6.04 Å². The van der Waals surface area contributed by atoms with Gasteiger partial charge < -0.3 is 5.32 Å². The maximum absolute atomic E-state index is 3.48. The minimum atomic E-state index is 0.646. The van der Waals surface area contributed by atoms with Gasteiger partial charge in [0, 0.05) is 42.9 Å². The van der Waals surface area contributed by atoms with Crippen LogP contribution in [0.4, 0.5) is 0 Å². The van der Waals surface area contributed by atoms with Crippen molar-refractivity contribution in [3.05, 3.63) is 29.8 Å². The van der Waals surface area contributed by atoms with Crippen molar-refractivity contribution in [2.45, 2.75) is 24.8 Å². The lowest BCUT2D eigenvalue weighted by Gasteiger charge is -2.31. The van der Waals surface area contributed by atoms with Crippen molar-refractivity contribution < 1.29 is 0 Å². The number of rotatable bonds is 4. The summed E-state index contributed by atoms with van der Waals surface area (Å²) >= 11 is 1.96. The molecular formula is C14H22N2S. The van der Waals surface area contributed by atoms with Gasteiger partial charge in [-0.25, -0.2) is 0 Å². The van der Waals surface area contributed by atoms with E-state index in [1.807, 2.05) is 11.8 Å². The fraction of sp³-hybridized carbons (Fsp3) is 0.571. The summed E-state index contributed by atoms with van der Waals surface area (Å²) < 4.78 is 0. The summed E-state index contributed by atoms with van der Waals surface area (Å²) in [5, 5.41) is 3.48. The topological polar surface area (TPSA) is 15.3 Å². The Labute approximate surface area is 109 Å². The molecule has 2 rings (SSSR count). The third-order valence-electron chi connectivity index (χ3n) is 3.15. The van der Waals surface area contributed by atoms with Gasteiger partial charge in [-0.05, 0) is 26.0 Å². The highest BCUT2D eigenvalue weighted by atomic mass is 32.2. The molecule has 94 valence electrons. The number of nitrogens with zero attached hydrogens (tertiary/aromatic N) is 1. The smallest absolute Gasteiger partial charge is 0.0167 e. The van der Waals surface area contributed by atoms with E-state index >= 15 is 0 Å². The third kappa shape index (κ3) is 4.34. The molecule has 0 radical (unpaired) electrons. The molecule has 0 bridgehead atoms. The zero-order chi connectivity index (χ0) is 12.1. The van der Waals surface area contributed by atoms with Crippen molar-refractivity contribution in [1.82, 2.24) is 10.2 Å². The molecule has 1 saturated heterocycles. The summed E-state index contributed by atoms with van der Waals surface area (Å²) in [5.41, 5.74) is 1.34. The number of piperazine rings is 1. The molecule has 1 aromatic rings. The second-order valence-electron chi connectivity index (χ2n) is 4.82. The van der Waals surface area contributed by atoms with E-state index in [1.54, 1.807) is 0 Å². The minimum absolute atomic E-state index is 0.646. The second kappa shape index (κ2) is 6.43. The van der Waals surface area contributed by atoms with Crippen LogP contribution in [-0.2, 0) is 0 Å². The molecule has 0 aliphatic carbocycles. The number of benzene rings is 1. The van der Waals surface area contributed by atoms with E-state index in [9.17, 15) is 0 Å². The van der Waals surface area contributed by atoms with Gasteiger partial charge in [-0.3, -0.25) is 4.90 Å². The average Bonchev–Trinajstić information content (AvgIpc) is 2.32. The van der Waals surface area contributed by atoms with Gasteiger partial charge in [0.1, 0.15) is 0 Å². The molecule has 1 atom stereocenters. The first kappa shape index (κ1) is 12.9. The number of hydrogen-bond donors (Lipinski definition) is 1. The Morgan fingerprint density at radius 2 is 2.12 bits per heavy atom. The summed E-state index contributed by atoms with van der Waals surface area (Å²) in [6, 6.07) is 9.47. The first-order valence-electron chi connectivity index (χ1n) is 6.39. The molecule has 1 N–H and O–H groups in total. The molecule has 0 unspecified atom stereocenters. The zero-order valence-electron chi connectivity index (χ0n) is 10.8. The molecule has 1 heterocycles. The van der Waals surface area contributed by atoms with E-state index in [4.69, 9.17) is 0 Å². The summed E-state index contributed by atoms with van der Waals surface area (Å²) in [7, 11) is 0. The molecule has 1 aliphatic rings. The van der Waals surface area contributed by atoms with Crippen molar-refractivity contribution in [1.29, 1.82) is 0 Å². The fourth-order valence-corrected chi connectivity index (χ4v) is 3.06. The highest BCUT2D eigenvalue weighted by molar-refractivity contribution is 7.99. The lowest BCUT2D eigenvalue weighted by molar-refractivity contribution is 0.218. The largest absolute Gasteiger partial charge is 0.312 e. The van der Waals surface area contributed by atoms with Gasteiger partial charge in [0.25, 0.3) is 0 Å². The Kier molecular flexibility index (Phi) is 4.89. The Balaban J connectivity index is 1.70. The predicted molar refractivity (Wildman–Crippen MR) is 75.8 cm³/mol. The van der Waals surface area contributed by atoms with E-state index < -0.39 is 0 Å². The van der Waals surface area contributed by atoms with E-state index in [2.05, 4.69) is 48.3 Å². The van der Waals surface area contributed by atoms with Crippen LogP contribution < -0.4 is 5.32 Å². The highest BCUT2D eigenvalue weighted by Gasteiger charge is 2.14. The van der Waals surface area contributed by atoms with Gasteiger partial charge in [-0.2, -0.15) is 0 Å². The quantitative estimate of drug-likeness (QED) is 0.826. The lowest BCUT2D eigenvalue weighted by atomic mass is 10.2. The number of thioether (sulfide) groups is 1. The molecule has 1 aromatic carbocycles. The van der Waals surface area contributed by atoms with Crippen molar-refractivity contribution in [2.24, 2.45) is 0 Å². The third-order valence-corrected chi connectivity index (χ3v) is 4.14. The maximum Gasteiger partial charge on any atom is 0.0167 e. The number of aryl methyl sites for hydroxylation is 1. The van der Waals surface area contributed by atoms with Crippen LogP contribution >= 0.6 is 11.8 Å². The molecule has 0 aromatic heterocycles. The first-order chi connectivity index (χ1) is 8.24. The maximum atomic E-state index is 3.48. The van der Waals surface area contributed by atoms with Gasteiger partial charge in [0.05, 0.1) is 0 Å². The summed E-state index contributed by atoms with van der Waals surface area (Å²) in [4.78, 5) is 3.95. The normalized spacial score (nSPS) is 21.6. The van der Waals surface area contributed by atoms with Gasteiger partial charge in [-0.1, -0.05) is 17.7 Å². The molecular weight excluding hydrogens is 228 g/mol. The molecule has 1 aliphatic heterocycles. The van der Waals surface area contributed by atoms with Crippen molar-refractivity contribution in [3.8, 4) is 0 Å². The van der Waals surface area contributed by atoms with Crippen LogP contribution in [0.2, 0.25) is 0 Å². The van der Waals surface area contributed by atoms with Crippen LogP contribution in [-0.4, -0.2) is 42.9 Å². The summed E-state index contributed by atoms with van der Waals surface area (Å²) in [6.07, 6.45) is 0. The molecule has 0 spiro atoms. The van der Waals surface area contributed by atoms with Crippen LogP contribution in [0.1, 0.15) is 12.5 Å². The van der Waals surface area contributed by atoms with E-state index in [0.717, 1.165) is 6.54 Å². The second-order valence-corrected chi connectivity index (χ2v) is 5.99. The fourth-order valence-electron chi connectivity index (χ4n) is 2.14. The van der Waals surface area contributed by atoms with Gasteiger partial charge in [0.2, 0.25) is 0 Å². The van der Waals surface area contributed by atoms with Crippen LogP contribution in [0.3, 0.4) is 0 Å². The Morgan fingerprint density at radius 3 is 2.82 bits per heavy atom. The number of nitrogens with one attached hydrogen (secondary N) is 1. The molecule has 0 amide bonds. The Bertz CT molecular complexity index is 337. The molecule has 0 saturated carbocycles. The summed E-state index contributed by atoms with van der Waals surface area (Å²) in [6.45, 7) is 9.12. The Morgan fingerprint density at radius 1 is 1.35 bits per heavy atom. The van der Waals surface area contributed by atoms with E-state index in [-0.39, 0.29) is 0 Å². The van der Waals surface area contributed by atoms with Crippen molar-refractivity contribution in [2.75, 3.05) is 31.9 Å². The number of hydrogen-bond acceptors (Lipinski definition) is 3. The average molecular weight is 250 g/mol. The van der Waals surface area contributed by atoms with Gasteiger partial charge in [-0.15, -0.1) is 11.8 Å². The molecule has 1 fully saturated rings. The minimum Gasteiger partial charge on any atom is -0.312 e. The monoisotopic (exact) mass is 250 g/mol. The SMILES string of the molecule is Cc1ccc(SCCN2CCN[C@@H](C)C2)cc1. The molecule has 2 nitrogen and oxygen atoms in total. The van der Waals surface area contributed by atoms with E-state index in [1.165, 1.54) is 35.8 Å². The van der Waals surface area contributed by atoms with Gasteiger partial charge in [0.15, 0.2) is 0 Å². The predicted octanol–water partition coefficient (Wildman–Crippen LogP) is 2.38. The standard InChI is InChI=1S/C14H22N2S/c1-12-3-5-14(6-4-12)17-10-9-16-8-7-15-13(2)11-16/h3-6,13,15H,7-11H2,1-2H3/t13-/m0/s1. The van der Waals surface area contributed by atoms with Crippen LogP contribution in [0, 0.1) is 6.92 Å². The molecule has 3 heteroatoms. The molecule has 17 heavy (non-hydrogen) atoms.